The normalized spacial score (nSPS) is 12.8. The number of hydrogen-bond acceptors (Lipinski definition) is 4. The van der Waals surface area contributed by atoms with Gasteiger partial charge < -0.3 is 10.1 Å². The monoisotopic (exact) mass is 286 g/mol. The van der Waals surface area contributed by atoms with Gasteiger partial charge in [-0.05, 0) is 17.7 Å². The molecule has 0 saturated heterocycles. The lowest BCUT2D eigenvalue weighted by Gasteiger charge is -2.17. The molecular formula is C12H18N2O4S. The van der Waals surface area contributed by atoms with Crippen LogP contribution < -0.4 is 14.8 Å². The minimum Gasteiger partial charge on any atom is -0.497 e. The first-order valence-corrected chi connectivity index (χ1v) is 7.56. The van der Waals surface area contributed by atoms with E-state index in [9.17, 15) is 13.2 Å². The summed E-state index contributed by atoms with van der Waals surface area (Å²) in [5.74, 6) is 0.429. The molecule has 2 N–H and O–H groups in total. The van der Waals surface area contributed by atoms with Gasteiger partial charge in [-0.2, -0.15) is 0 Å². The van der Waals surface area contributed by atoms with Crippen molar-refractivity contribution >= 4 is 15.9 Å². The lowest BCUT2D eigenvalue weighted by Crippen LogP contribution is -2.32. The van der Waals surface area contributed by atoms with Crippen LogP contribution in [-0.2, 0) is 14.8 Å². The van der Waals surface area contributed by atoms with Crippen LogP contribution in [0.4, 0.5) is 0 Å². The van der Waals surface area contributed by atoms with Gasteiger partial charge in [-0.3, -0.25) is 4.79 Å². The third kappa shape index (κ3) is 5.27. The van der Waals surface area contributed by atoms with Gasteiger partial charge in [-0.15, -0.1) is 0 Å². The maximum absolute atomic E-state index is 11.4. The molecule has 1 rings (SSSR count). The molecule has 106 valence electrons. The third-order valence-electron chi connectivity index (χ3n) is 2.54. The highest BCUT2D eigenvalue weighted by atomic mass is 32.2. The second kappa shape index (κ2) is 6.53. The number of rotatable bonds is 6. The second-order valence-corrected chi connectivity index (χ2v) is 5.87. The average molecular weight is 286 g/mol. The van der Waals surface area contributed by atoms with Crippen molar-refractivity contribution in [2.45, 2.75) is 12.5 Å². The Morgan fingerprint density at radius 3 is 2.32 bits per heavy atom. The van der Waals surface area contributed by atoms with E-state index in [0.29, 0.717) is 11.3 Å². The van der Waals surface area contributed by atoms with E-state index in [1.165, 1.54) is 7.05 Å². The lowest BCUT2D eigenvalue weighted by molar-refractivity contribution is -0.121. The first-order chi connectivity index (χ1) is 8.85. The van der Waals surface area contributed by atoms with Crippen LogP contribution in [0.5, 0.6) is 5.75 Å². The minimum absolute atomic E-state index is 0.0376. The Morgan fingerprint density at radius 2 is 1.89 bits per heavy atom. The Hall–Kier alpha value is -1.60. The van der Waals surface area contributed by atoms with E-state index in [4.69, 9.17) is 4.74 Å². The van der Waals surface area contributed by atoms with Gasteiger partial charge in [-0.1, -0.05) is 12.1 Å². The molecule has 1 aromatic rings. The van der Waals surface area contributed by atoms with E-state index >= 15 is 0 Å². The van der Waals surface area contributed by atoms with Gasteiger partial charge in [0.15, 0.2) is 0 Å². The number of amides is 1. The molecule has 0 aromatic heterocycles. The van der Waals surface area contributed by atoms with Crippen molar-refractivity contribution in [3.63, 3.8) is 0 Å². The zero-order valence-corrected chi connectivity index (χ0v) is 12.0. The fourth-order valence-electron chi connectivity index (χ4n) is 1.61. The molecule has 0 radical (unpaired) electrons. The van der Waals surface area contributed by atoms with Crippen molar-refractivity contribution in [2.75, 3.05) is 20.4 Å². The van der Waals surface area contributed by atoms with Gasteiger partial charge in [-0.25, -0.2) is 13.1 Å². The molecular weight excluding hydrogens is 268 g/mol. The molecule has 0 aliphatic heterocycles. The van der Waals surface area contributed by atoms with Crippen molar-refractivity contribution in [3.8, 4) is 5.75 Å². The summed E-state index contributed by atoms with van der Waals surface area (Å²) in [5.41, 5.74) is 0.704. The SMILES string of the molecule is CNC(=O)C[C@H](NS(C)(=O)=O)c1ccc(OC)cc1. The number of methoxy groups -OCH3 is 1. The van der Waals surface area contributed by atoms with Gasteiger partial charge in [0.25, 0.3) is 0 Å². The van der Waals surface area contributed by atoms with Gasteiger partial charge in [0.1, 0.15) is 5.75 Å². The fraction of sp³-hybridized carbons (Fsp3) is 0.417. The molecule has 1 aromatic carbocycles. The topological polar surface area (TPSA) is 84.5 Å². The number of ether oxygens (including phenoxy) is 1. The zero-order valence-electron chi connectivity index (χ0n) is 11.1. The Bertz CT molecular complexity index is 525. The quantitative estimate of drug-likeness (QED) is 0.794. The molecule has 1 amide bonds. The Morgan fingerprint density at radius 1 is 1.32 bits per heavy atom. The van der Waals surface area contributed by atoms with Gasteiger partial charge in [0, 0.05) is 13.5 Å². The number of carbonyl (C=O) groups is 1. The highest BCUT2D eigenvalue weighted by Crippen LogP contribution is 2.20. The maximum Gasteiger partial charge on any atom is 0.221 e. The number of hydrogen-bond donors (Lipinski definition) is 2. The standard InChI is InChI=1S/C12H18N2O4S/c1-13-12(15)8-11(14-19(3,16)17)9-4-6-10(18-2)7-5-9/h4-7,11,14H,8H2,1-3H3,(H,13,15)/t11-/m0/s1. The second-order valence-electron chi connectivity index (χ2n) is 4.09. The van der Waals surface area contributed by atoms with Crippen molar-refractivity contribution < 1.29 is 17.9 Å². The van der Waals surface area contributed by atoms with Crippen molar-refractivity contribution in [1.29, 1.82) is 0 Å². The molecule has 19 heavy (non-hydrogen) atoms. The Kier molecular flexibility index (Phi) is 5.31. The van der Waals surface area contributed by atoms with E-state index in [0.717, 1.165) is 6.26 Å². The van der Waals surface area contributed by atoms with Crippen LogP contribution in [0.15, 0.2) is 24.3 Å². The molecule has 0 saturated carbocycles. The molecule has 0 bridgehead atoms. The van der Waals surface area contributed by atoms with Gasteiger partial charge in [0.05, 0.1) is 19.4 Å². The largest absolute Gasteiger partial charge is 0.497 e. The van der Waals surface area contributed by atoms with E-state index in [-0.39, 0.29) is 12.3 Å². The minimum atomic E-state index is -3.40. The highest BCUT2D eigenvalue weighted by Gasteiger charge is 2.19. The molecule has 0 spiro atoms. The fourth-order valence-corrected chi connectivity index (χ4v) is 2.35. The summed E-state index contributed by atoms with van der Waals surface area (Å²) in [7, 11) is -0.347. The van der Waals surface area contributed by atoms with Crippen molar-refractivity contribution in [2.24, 2.45) is 0 Å². The summed E-state index contributed by atoms with van der Waals surface area (Å²) in [5, 5.41) is 2.48. The zero-order chi connectivity index (χ0) is 14.5. The Balaban J connectivity index is 2.96. The predicted molar refractivity (Wildman–Crippen MR) is 72.4 cm³/mol. The summed E-state index contributed by atoms with van der Waals surface area (Å²) >= 11 is 0. The molecule has 6 nitrogen and oxygen atoms in total. The van der Waals surface area contributed by atoms with E-state index in [1.54, 1.807) is 31.4 Å². The number of carbonyl (C=O) groups excluding carboxylic acids is 1. The maximum atomic E-state index is 11.4. The molecule has 0 aliphatic carbocycles. The first-order valence-electron chi connectivity index (χ1n) is 5.67. The summed E-state index contributed by atoms with van der Waals surface area (Å²) in [6.45, 7) is 0. The van der Waals surface area contributed by atoms with E-state index in [1.807, 2.05) is 0 Å². The summed E-state index contributed by atoms with van der Waals surface area (Å²) in [6.07, 6.45) is 1.10. The van der Waals surface area contributed by atoms with Crippen molar-refractivity contribution in [1.82, 2.24) is 10.0 Å². The first kappa shape index (κ1) is 15.5. The van der Waals surface area contributed by atoms with Crippen LogP contribution >= 0.6 is 0 Å². The smallest absolute Gasteiger partial charge is 0.221 e. The average Bonchev–Trinajstić information content (AvgIpc) is 2.36. The van der Waals surface area contributed by atoms with E-state index in [2.05, 4.69) is 10.0 Å². The molecule has 1 atom stereocenters. The third-order valence-corrected chi connectivity index (χ3v) is 3.26. The molecule has 7 heteroatoms. The molecule has 0 heterocycles. The summed E-state index contributed by atoms with van der Waals surface area (Å²) in [6, 6.07) is 6.29. The summed E-state index contributed by atoms with van der Waals surface area (Å²) in [4.78, 5) is 11.4. The molecule has 0 fully saturated rings. The van der Waals surface area contributed by atoms with Crippen LogP contribution in [0, 0.1) is 0 Å². The van der Waals surface area contributed by atoms with Crippen molar-refractivity contribution in [3.05, 3.63) is 29.8 Å². The van der Waals surface area contributed by atoms with Crippen LogP contribution in [0.2, 0.25) is 0 Å². The van der Waals surface area contributed by atoms with Crippen LogP contribution in [0.25, 0.3) is 0 Å². The number of benzene rings is 1. The lowest BCUT2D eigenvalue weighted by atomic mass is 10.0. The van der Waals surface area contributed by atoms with Gasteiger partial charge in [0.2, 0.25) is 15.9 Å². The predicted octanol–water partition coefficient (Wildman–Crippen LogP) is 0.422. The van der Waals surface area contributed by atoms with Crippen LogP contribution in [-0.4, -0.2) is 34.7 Å². The molecule has 0 aliphatic rings. The Labute approximate surface area is 113 Å². The summed E-state index contributed by atoms with van der Waals surface area (Å²) < 4.78 is 30.2. The van der Waals surface area contributed by atoms with Crippen LogP contribution in [0.3, 0.4) is 0 Å². The number of nitrogens with one attached hydrogen (secondary N) is 2. The van der Waals surface area contributed by atoms with Crippen LogP contribution in [0.1, 0.15) is 18.0 Å². The highest BCUT2D eigenvalue weighted by molar-refractivity contribution is 7.88. The number of sulfonamides is 1. The molecule has 0 unspecified atom stereocenters. The van der Waals surface area contributed by atoms with Gasteiger partial charge >= 0.3 is 0 Å². The van der Waals surface area contributed by atoms with E-state index < -0.39 is 16.1 Å².